The molecule has 8 heteroatoms. The highest BCUT2D eigenvalue weighted by atomic mass is 32.1. The number of hydrogen-bond acceptors (Lipinski definition) is 7. The largest absolute Gasteiger partial charge is 0.495 e. The highest BCUT2D eigenvalue weighted by Gasteiger charge is 2.23. The van der Waals surface area contributed by atoms with Gasteiger partial charge in [-0.2, -0.15) is 0 Å². The SMILES string of the molecule is CCN(CC)CCN(C(=O)Cc1cccs1)c1nc2c(OC)ccc(OC)c2s1. The number of ether oxygens (including phenoxy) is 2. The van der Waals surface area contributed by atoms with Gasteiger partial charge in [-0.3, -0.25) is 9.69 Å². The Bertz CT molecular complexity index is 895. The van der Waals surface area contributed by atoms with Gasteiger partial charge in [0.2, 0.25) is 5.91 Å². The van der Waals surface area contributed by atoms with Crippen molar-refractivity contribution in [1.29, 1.82) is 0 Å². The van der Waals surface area contributed by atoms with Crippen LogP contribution in [-0.4, -0.2) is 56.2 Å². The summed E-state index contributed by atoms with van der Waals surface area (Å²) < 4.78 is 11.9. The summed E-state index contributed by atoms with van der Waals surface area (Å²) in [5.41, 5.74) is 0.726. The van der Waals surface area contributed by atoms with Crippen molar-refractivity contribution in [3.05, 3.63) is 34.5 Å². The van der Waals surface area contributed by atoms with Crippen LogP contribution < -0.4 is 14.4 Å². The molecule has 2 aromatic heterocycles. The van der Waals surface area contributed by atoms with Crippen molar-refractivity contribution in [1.82, 2.24) is 9.88 Å². The number of benzene rings is 1. The van der Waals surface area contributed by atoms with E-state index < -0.39 is 0 Å². The Kier molecular flexibility index (Phi) is 7.46. The molecule has 0 aliphatic rings. The zero-order valence-electron chi connectivity index (χ0n) is 17.3. The van der Waals surface area contributed by atoms with Gasteiger partial charge in [-0.05, 0) is 36.7 Å². The van der Waals surface area contributed by atoms with E-state index in [9.17, 15) is 4.79 Å². The average Bonchev–Trinajstić information content (AvgIpc) is 3.40. The smallest absolute Gasteiger partial charge is 0.234 e. The molecule has 29 heavy (non-hydrogen) atoms. The molecule has 3 rings (SSSR count). The Morgan fingerprint density at radius 3 is 2.41 bits per heavy atom. The molecule has 0 unspecified atom stereocenters. The number of rotatable bonds is 10. The zero-order chi connectivity index (χ0) is 20.8. The van der Waals surface area contributed by atoms with Crippen LogP contribution in [0.1, 0.15) is 18.7 Å². The third kappa shape index (κ3) is 4.88. The molecule has 0 bridgehead atoms. The molecule has 2 heterocycles. The summed E-state index contributed by atoms with van der Waals surface area (Å²) in [4.78, 5) is 23.1. The molecular weight excluding hydrogens is 406 g/mol. The second-order valence-corrected chi connectivity index (χ2v) is 8.48. The maximum absolute atomic E-state index is 13.2. The molecule has 0 saturated heterocycles. The standard InChI is InChI=1S/C21H27N3O3S2/c1-5-23(6-2)11-12-24(18(25)14-15-8-7-13-28-15)21-22-19-16(26-3)9-10-17(27-4)20(19)29-21/h7-10,13H,5-6,11-12,14H2,1-4H3. The molecule has 156 valence electrons. The van der Waals surface area contributed by atoms with Crippen LogP contribution in [0.2, 0.25) is 0 Å². The molecule has 0 aliphatic heterocycles. The Morgan fingerprint density at radius 1 is 1.07 bits per heavy atom. The molecule has 0 spiro atoms. The number of thiophene rings is 1. The van der Waals surface area contributed by atoms with Gasteiger partial charge in [0.15, 0.2) is 5.13 Å². The number of nitrogens with zero attached hydrogens (tertiary/aromatic N) is 3. The number of anilines is 1. The second kappa shape index (κ2) is 10.0. The lowest BCUT2D eigenvalue weighted by molar-refractivity contribution is -0.118. The van der Waals surface area contributed by atoms with E-state index in [4.69, 9.17) is 14.5 Å². The van der Waals surface area contributed by atoms with Crippen LogP contribution in [0.5, 0.6) is 11.5 Å². The number of amides is 1. The van der Waals surface area contributed by atoms with Gasteiger partial charge in [-0.1, -0.05) is 31.3 Å². The Hall–Kier alpha value is -2.16. The van der Waals surface area contributed by atoms with Crippen molar-refractivity contribution >= 4 is 43.9 Å². The van der Waals surface area contributed by atoms with Crippen LogP contribution in [0.4, 0.5) is 5.13 Å². The first-order valence-electron chi connectivity index (χ1n) is 9.67. The van der Waals surface area contributed by atoms with Gasteiger partial charge in [0.05, 0.1) is 20.6 Å². The van der Waals surface area contributed by atoms with E-state index in [0.29, 0.717) is 23.8 Å². The lowest BCUT2D eigenvalue weighted by atomic mass is 10.3. The van der Waals surface area contributed by atoms with Crippen LogP contribution in [-0.2, 0) is 11.2 Å². The Morgan fingerprint density at radius 2 is 1.79 bits per heavy atom. The van der Waals surface area contributed by atoms with Crippen molar-refractivity contribution in [3.63, 3.8) is 0 Å². The predicted octanol–water partition coefficient (Wildman–Crippen LogP) is 4.29. The van der Waals surface area contributed by atoms with Crippen molar-refractivity contribution in [2.45, 2.75) is 20.3 Å². The number of carbonyl (C=O) groups excluding carboxylic acids is 1. The molecule has 0 atom stereocenters. The van der Waals surface area contributed by atoms with Crippen molar-refractivity contribution < 1.29 is 14.3 Å². The first-order chi connectivity index (χ1) is 14.1. The number of thiazole rings is 1. The zero-order valence-corrected chi connectivity index (χ0v) is 18.9. The topological polar surface area (TPSA) is 54.9 Å². The van der Waals surface area contributed by atoms with Gasteiger partial charge < -0.3 is 14.4 Å². The van der Waals surface area contributed by atoms with E-state index in [1.807, 2.05) is 34.5 Å². The Balaban J connectivity index is 1.96. The summed E-state index contributed by atoms with van der Waals surface area (Å²) in [5.74, 6) is 1.47. The fourth-order valence-corrected chi connectivity index (χ4v) is 4.97. The molecule has 0 saturated carbocycles. The minimum absolute atomic E-state index is 0.0524. The first-order valence-corrected chi connectivity index (χ1v) is 11.4. The molecule has 0 radical (unpaired) electrons. The van der Waals surface area contributed by atoms with Crippen LogP contribution in [0, 0.1) is 0 Å². The van der Waals surface area contributed by atoms with Gasteiger partial charge in [-0.15, -0.1) is 11.3 Å². The predicted molar refractivity (Wildman–Crippen MR) is 121 cm³/mol. The normalized spacial score (nSPS) is 11.2. The number of fused-ring (bicyclic) bond motifs is 1. The number of hydrogen-bond donors (Lipinski definition) is 0. The minimum atomic E-state index is 0.0524. The van der Waals surface area contributed by atoms with Crippen LogP contribution in [0.25, 0.3) is 10.2 Å². The number of carbonyl (C=O) groups is 1. The Labute approximate surface area is 179 Å². The van der Waals surface area contributed by atoms with Gasteiger partial charge in [0.1, 0.15) is 21.7 Å². The molecule has 0 fully saturated rings. The average molecular weight is 434 g/mol. The van der Waals surface area contributed by atoms with Crippen molar-refractivity contribution in [2.75, 3.05) is 45.3 Å². The third-order valence-corrected chi connectivity index (χ3v) is 6.84. The summed E-state index contributed by atoms with van der Waals surface area (Å²) in [5, 5.41) is 2.67. The lowest BCUT2D eigenvalue weighted by Crippen LogP contribution is -2.39. The van der Waals surface area contributed by atoms with Crippen molar-refractivity contribution in [2.24, 2.45) is 0 Å². The lowest BCUT2D eigenvalue weighted by Gasteiger charge is -2.24. The van der Waals surface area contributed by atoms with Crippen LogP contribution in [0.3, 0.4) is 0 Å². The van der Waals surface area contributed by atoms with E-state index in [1.54, 1.807) is 25.6 Å². The second-order valence-electron chi connectivity index (χ2n) is 6.47. The summed E-state index contributed by atoms with van der Waals surface area (Å²) in [6.45, 7) is 7.56. The number of methoxy groups -OCH3 is 2. The van der Waals surface area contributed by atoms with E-state index in [0.717, 1.165) is 40.5 Å². The summed E-state index contributed by atoms with van der Waals surface area (Å²) >= 11 is 3.07. The van der Waals surface area contributed by atoms with Gasteiger partial charge in [0.25, 0.3) is 0 Å². The van der Waals surface area contributed by atoms with E-state index in [-0.39, 0.29) is 5.91 Å². The summed E-state index contributed by atoms with van der Waals surface area (Å²) in [6.07, 6.45) is 0.375. The highest BCUT2D eigenvalue weighted by Crippen LogP contribution is 2.40. The third-order valence-electron chi connectivity index (χ3n) is 4.87. The maximum Gasteiger partial charge on any atom is 0.234 e. The fourth-order valence-electron chi connectivity index (χ4n) is 3.16. The molecule has 0 aliphatic carbocycles. The summed E-state index contributed by atoms with van der Waals surface area (Å²) in [6, 6.07) is 7.69. The van der Waals surface area contributed by atoms with Gasteiger partial charge in [0, 0.05) is 18.0 Å². The van der Waals surface area contributed by atoms with E-state index in [1.165, 1.54) is 11.3 Å². The van der Waals surface area contributed by atoms with E-state index in [2.05, 4.69) is 18.7 Å². The van der Waals surface area contributed by atoms with Crippen molar-refractivity contribution in [3.8, 4) is 11.5 Å². The van der Waals surface area contributed by atoms with E-state index >= 15 is 0 Å². The summed E-state index contributed by atoms with van der Waals surface area (Å²) in [7, 11) is 3.26. The first kappa shape index (κ1) is 21.5. The molecule has 1 aromatic carbocycles. The number of likely N-dealkylation sites (N-methyl/N-ethyl adjacent to an activating group) is 1. The monoisotopic (exact) mass is 433 g/mol. The van der Waals surface area contributed by atoms with Gasteiger partial charge in [-0.25, -0.2) is 4.98 Å². The number of aromatic nitrogens is 1. The minimum Gasteiger partial charge on any atom is -0.495 e. The fraction of sp³-hybridized carbons (Fsp3) is 0.429. The van der Waals surface area contributed by atoms with Crippen LogP contribution in [0.15, 0.2) is 29.6 Å². The molecule has 0 N–H and O–H groups in total. The van der Waals surface area contributed by atoms with Gasteiger partial charge >= 0.3 is 0 Å². The molecular formula is C21H27N3O3S2. The quantitative estimate of drug-likeness (QED) is 0.477. The molecule has 6 nitrogen and oxygen atoms in total. The highest BCUT2D eigenvalue weighted by molar-refractivity contribution is 7.22. The maximum atomic E-state index is 13.2. The molecule has 3 aromatic rings. The molecule has 1 amide bonds. The van der Waals surface area contributed by atoms with Crippen LogP contribution >= 0.6 is 22.7 Å².